The number of amides is 1. The summed E-state index contributed by atoms with van der Waals surface area (Å²) in [5.41, 5.74) is 2.87. The number of aryl methyl sites for hydroxylation is 1. The van der Waals surface area contributed by atoms with Crippen molar-refractivity contribution in [1.82, 2.24) is 15.1 Å². The van der Waals surface area contributed by atoms with Crippen LogP contribution in [0.3, 0.4) is 0 Å². The first kappa shape index (κ1) is 28.5. The molecule has 1 aromatic heterocycles. The second-order valence-corrected chi connectivity index (χ2v) is 10.0. The molecule has 1 amide bonds. The molecular weight excluding hydrogens is 448 g/mol. The van der Waals surface area contributed by atoms with Gasteiger partial charge in [0.15, 0.2) is 5.82 Å². The van der Waals surface area contributed by atoms with Crippen molar-refractivity contribution >= 4 is 35.2 Å². The predicted octanol–water partition coefficient (Wildman–Crippen LogP) is 7.43. The van der Waals surface area contributed by atoms with E-state index in [1.165, 1.54) is 11.8 Å². The van der Waals surface area contributed by atoms with E-state index in [4.69, 9.17) is 0 Å². The second kappa shape index (κ2) is 15.3. The van der Waals surface area contributed by atoms with Gasteiger partial charge in [0.1, 0.15) is 0 Å². The molecule has 0 saturated carbocycles. The third-order valence-corrected chi connectivity index (χ3v) is 6.47. The van der Waals surface area contributed by atoms with Gasteiger partial charge in [-0.15, -0.1) is 16.9 Å². The van der Waals surface area contributed by atoms with Crippen LogP contribution in [-0.2, 0) is 11.2 Å². The molecule has 0 bridgehead atoms. The van der Waals surface area contributed by atoms with Crippen LogP contribution in [0.1, 0.15) is 51.6 Å². The molecule has 7 heteroatoms. The molecule has 0 saturated heterocycles. The zero-order valence-electron chi connectivity index (χ0n) is 20.2. The van der Waals surface area contributed by atoms with Crippen LogP contribution in [0.15, 0.2) is 82.6 Å². The number of anilines is 1. The molecular formula is C26H36N4OS2. The van der Waals surface area contributed by atoms with E-state index in [-0.39, 0.29) is 5.91 Å². The highest BCUT2D eigenvalue weighted by atomic mass is 32.2. The van der Waals surface area contributed by atoms with Gasteiger partial charge in [0.2, 0.25) is 5.91 Å². The van der Waals surface area contributed by atoms with Crippen molar-refractivity contribution in [2.45, 2.75) is 52.4 Å². The van der Waals surface area contributed by atoms with Crippen molar-refractivity contribution in [3.8, 4) is 0 Å². The number of aromatic nitrogens is 2. The van der Waals surface area contributed by atoms with Gasteiger partial charge in [-0.25, -0.2) is 0 Å². The van der Waals surface area contributed by atoms with Crippen LogP contribution in [0.2, 0.25) is 0 Å². The van der Waals surface area contributed by atoms with Crippen LogP contribution in [-0.4, -0.2) is 28.1 Å². The highest BCUT2D eigenvalue weighted by Gasteiger charge is 2.10. The number of hydrogen-bond acceptors (Lipinski definition) is 6. The number of carbonyl (C=O) groups is 1. The number of unbranched alkanes of at least 4 members (excludes halogenated alkanes) is 1. The maximum absolute atomic E-state index is 11.9. The Labute approximate surface area is 207 Å². The van der Waals surface area contributed by atoms with Crippen LogP contribution < -0.4 is 5.32 Å². The van der Waals surface area contributed by atoms with Crippen LogP contribution in [0.5, 0.6) is 0 Å². The average Bonchev–Trinajstić information content (AvgIpc) is 2.77. The molecule has 0 aromatic carbocycles. The van der Waals surface area contributed by atoms with Crippen molar-refractivity contribution in [2.24, 2.45) is 0 Å². The van der Waals surface area contributed by atoms with E-state index in [9.17, 15) is 4.79 Å². The molecule has 0 radical (unpaired) electrons. The number of nitrogens with one attached hydrogen (secondary N) is 1. The number of thioether (sulfide) groups is 2. The lowest BCUT2D eigenvalue weighted by Gasteiger charge is -2.24. The summed E-state index contributed by atoms with van der Waals surface area (Å²) in [6.45, 7) is 24.0. The Kier molecular flexibility index (Phi) is 13.3. The molecule has 33 heavy (non-hydrogen) atoms. The zero-order valence-corrected chi connectivity index (χ0v) is 21.8. The number of allylic oxidation sites excluding steroid dienone is 3. The minimum Gasteiger partial charge on any atom is -0.343 e. The maximum Gasteiger partial charge on any atom is 0.229 e. The van der Waals surface area contributed by atoms with Crippen molar-refractivity contribution in [3.05, 3.63) is 88.3 Å². The molecule has 0 aliphatic heterocycles. The highest BCUT2D eigenvalue weighted by Crippen LogP contribution is 2.32. The molecule has 1 N–H and O–H groups in total. The van der Waals surface area contributed by atoms with Gasteiger partial charge in [0.05, 0.1) is 10.7 Å². The minimum absolute atomic E-state index is 0.0833. The fourth-order valence-electron chi connectivity index (χ4n) is 2.70. The number of hydrogen-bond donors (Lipinski definition) is 1. The van der Waals surface area contributed by atoms with Crippen LogP contribution in [0.25, 0.3) is 0 Å². The first-order valence-corrected chi connectivity index (χ1v) is 12.5. The van der Waals surface area contributed by atoms with E-state index in [2.05, 4.69) is 48.4 Å². The molecule has 0 fully saturated rings. The lowest BCUT2D eigenvalue weighted by molar-refractivity contribution is -0.115. The highest BCUT2D eigenvalue weighted by molar-refractivity contribution is 8.06. The monoisotopic (exact) mass is 484 g/mol. The van der Waals surface area contributed by atoms with Crippen molar-refractivity contribution < 1.29 is 4.79 Å². The Balaban J connectivity index is 2.34. The van der Waals surface area contributed by atoms with E-state index < -0.39 is 0 Å². The molecule has 1 heterocycles. The Bertz CT molecular complexity index is 903. The molecule has 0 aliphatic carbocycles. The third-order valence-electron chi connectivity index (χ3n) is 4.82. The van der Waals surface area contributed by atoms with E-state index >= 15 is 0 Å². The first-order valence-electron chi connectivity index (χ1n) is 10.8. The second-order valence-electron chi connectivity index (χ2n) is 7.64. The molecule has 5 nitrogen and oxygen atoms in total. The van der Waals surface area contributed by atoms with E-state index in [0.29, 0.717) is 18.7 Å². The maximum atomic E-state index is 11.9. The third kappa shape index (κ3) is 11.8. The van der Waals surface area contributed by atoms with Crippen molar-refractivity contribution in [1.29, 1.82) is 0 Å². The van der Waals surface area contributed by atoms with Crippen LogP contribution >= 0.6 is 23.5 Å². The van der Waals surface area contributed by atoms with Gasteiger partial charge in [0, 0.05) is 25.6 Å². The molecule has 0 aliphatic rings. The summed E-state index contributed by atoms with van der Waals surface area (Å²) in [5, 5.41) is 13.8. The molecule has 1 rings (SSSR count). The molecule has 0 atom stereocenters. The molecule has 1 aromatic rings. The number of nitrogens with zero attached hydrogens (tertiary/aromatic N) is 3. The summed E-state index contributed by atoms with van der Waals surface area (Å²) >= 11 is 3.10. The largest absolute Gasteiger partial charge is 0.343 e. The number of carbonyl (C=O) groups excluding carboxylic acids is 1. The summed E-state index contributed by atoms with van der Waals surface area (Å²) in [6, 6.07) is 3.71. The summed E-state index contributed by atoms with van der Waals surface area (Å²) < 4.78 is 0. The first-order chi connectivity index (χ1) is 15.7. The average molecular weight is 485 g/mol. The van der Waals surface area contributed by atoms with Gasteiger partial charge in [-0.05, 0) is 66.9 Å². The van der Waals surface area contributed by atoms with Gasteiger partial charge in [-0.1, -0.05) is 56.3 Å². The molecule has 0 unspecified atom stereocenters. The Morgan fingerprint density at radius 3 is 2.45 bits per heavy atom. The van der Waals surface area contributed by atoms with Gasteiger partial charge in [0.25, 0.3) is 0 Å². The summed E-state index contributed by atoms with van der Waals surface area (Å²) in [7, 11) is 1.96. The van der Waals surface area contributed by atoms with Crippen molar-refractivity contribution in [3.63, 3.8) is 0 Å². The standard InChI is InChI=1S/C26H36N4OS2/c1-9-19(3)17-26(31)27-25-16-15-24(28-29-25)14-12-11-13-21(5)33-23(7)30(8)20(4)18-22(6)32-10-2/h9-10,15-16H,2,4-7,11-14,17-18H2,1,3,8H3,(H,27,29,31)/b19-9+. The fraction of sp³-hybridized carbons (Fsp3) is 0.346. The predicted molar refractivity (Wildman–Crippen MR) is 147 cm³/mol. The Morgan fingerprint density at radius 2 is 1.85 bits per heavy atom. The normalized spacial score (nSPS) is 10.9. The summed E-state index contributed by atoms with van der Waals surface area (Å²) in [6.07, 6.45) is 6.69. The molecule has 0 spiro atoms. The van der Waals surface area contributed by atoms with E-state index in [0.717, 1.165) is 57.5 Å². The van der Waals surface area contributed by atoms with Crippen LogP contribution in [0, 0.1) is 0 Å². The Hall–Kier alpha value is -2.51. The summed E-state index contributed by atoms with van der Waals surface area (Å²) in [5.74, 6) is 0.397. The van der Waals surface area contributed by atoms with Gasteiger partial charge in [-0.2, -0.15) is 5.10 Å². The fourth-order valence-corrected chi connectivity index (χ4v) is 4.03. The lowest BCUT2D eigenvalue weighted by Crippen LogP contribution is -2.14. The zero-order chi connectivity index (χ0) is 24.8. The smallest absolute Gasteiger partial charge is 0.229 e. The minimum atomic E-state index is -0.0833. The quantitative estimate of drug-likeness (QED) is 0.194. The SMILES string of the molecule is C=CSC(=C)CC(=C)N(C)C(=C)SC(=C)CCCCc1ccc(NC(=O)C/C(C)=C/C)nn1. The van der Waals surface area contributed by atoms with Crippen molar-refractivity contribution in [2.75, 3.05) is 12.4 Å². The van der Waals surface area contributed by atoms with Gasteiger partial charge < -0.3 is 10.2 Å². The Morgan fingerprint density at radius 1 is 1.12 bits per heavy atom. The number of rotatable bonds is 16. The lowest BCUT2D eigenvalue weighted by atomic mass is 10.1. The van der Waals surface area contributed by atoms with Crippen LogP contribution in [0.4, 0.5) is 5.82 Å². The summed E-state index contributed by atoms with van der Waals surface area (Å²) in [4.78, 5) is 16.0. The topological polar surface area (TPSA) is 58.1 Å². The van der Waals surface area contributed by atoms with E-state index in [1.807, 2.05) is 37.9 Å². The van der Waals surface area contributed by atoms with Gasteiger partial charge >= 0.3 is 0 Å². The van der Waals surface area contributed by atoms with E-state index in [1.54, 1.807) is 23.2 Å². The molecule has 178 valence electrons. The van der Waals surface area contributed by atoms with Gasteiger partial charge in [-0.3, -0.25) is 4.79 Å².